The van der Waals surface area contributed by atoms with E-state index in [0.717, 1.165) is 13.1 Å². The van der Waals surface area contributed by atoms with Crippen LogP contribution in [0.3, 0.4) is 0 Å². The van der Waals surface area contributed by atoms with Gasteiger partial charge in [0.05, 0.1) is 0 Å². The largest absolute Gasteiger partial charge is 0.311 e. The molecule has 1 fully saturated rings. The van der Waals surface area contributed by atoms with Crippen molar-refractivity contribution in [2.45, 2.75) is 51.7 Å². The van der Waals surface area contributed by atoms with E-state index >= 15 is 0 Å². The van der Waals surface area contributed by atoms with Gasteiger partial charge in [0.1, 0.15) is 0 Å². The molecule has 1 aliphatic rings. The number of hydrogen-bond acceptors (Lipinski definition) is 2. The van der Waals surface area contributed by atoms with Crippen molar-refractivity contribution in [2.24, 2.45) is 0 Å². The monoisotopic (exact) mass is 246 g/mol. The zero-order valence-electron chi connectivity index (χ0n) is 11.9. The standard InChI is InChI=1S/C16H26N2/c1-16(2,3)17-12-15-10-7-11-18(15)13-14-8-5-4-6-9-14/h4-6,8-9,15,17H,7,10-13H2,1-3H3. The number of nitrogens with one attached hydrogen (secondary N) is 1. The fourth-order valence-corrected chi connectivity index (χ4v) is 2.58. The minimum Gasteiger partial charge on any atom is -0.311 e. The predicted octanol–water partition coefficient (Wildman–Crippen LogP) is 3.04. The number of rotatable bonds is 4. The summed E-state index contributed by atoms with van der Waals surface area (Å²) in [5.74, 6) is 0. The zero-order valence-corrected chi connectivity index (χ0v) is 11.9. The Morgan fingerprint density at radius 3 is 2.61 bits per heavy atom. The maximum absolute atomic E-state index is 3.64. The van der Waals surface area contributed by atoms with Crippen molar-refractivity contribution in [3.63, 3.8) is 0 Å². The summed E-state index contributed by atoms with van der Waals surface area (Å²) in [5, 5.41) is 3.64. The molecule has 18 heavy (non-hydrogen) atoms. The van der Waals surface area contributed by atoms with Gasteiger partial charge in [-0.15, -0.1) is 0 Å². The van der Waals surface area contributed by atoms with Crippen molar-refractivity contribution in [1.29, 1.82) is 0 Å². The van der Waals surface area contributed by atoms with Crippen LogP contribution in [0.25, 0.3) is 0 Å². The second-order valence-corrected chi connectivity index (χ2v) is 6.38. The van der Waals surface area contributed by atoms with E-state index in [2.05, 4.69) is 61.3 Å². The van der Waals surface area contributed by atoms with E-state index in [1.165, 1.54) is 24.9 Å². The highest BCUT2D eigenvalue weighted by Crippen LogP contribution is 2.20. The summed E-state index contributed by atoms with van der Waals surface area (Å²) in [6, 6.07) is 11.5. The van der Waals surface area contributed by atoms with E-state index in [4.69, 9.17) is 0 Å². The molecular formula is C16H26N2. The van der Waals surface area contributed by atoms with Crippen LogP contribution < -0.4 is 5.32 Å². The average molecular weight is 246 g/mol. The first-order valence-electron chi connectivity index (χ1n) is 7.07. The van der Waals surface area contributed by atoms with Crippen molar-refractivity contribution < 1.29 is 0 Å². The fourth-order valence-electron chi connectivity index (χ4n) is 2.58. The number of benzene rings is 1. The fraction of sp³-hybridized carbons (Fsp3) is 0.625. The maximum atomic E-state index is 3.64. The van der Waals surface area contributed by atoms with Crippen LogP contribution in [0.2, 0.25) is 0 Å². The second-order valence-electron chi connectivity index (χ2n) is 6.38. The van der Waals surface area contributed by atoms with Crippen LogP contribution in [0.1, 0.15) is 39.2 Å². The molecule has 1 atom stereocenters. The molecule has 0 radical (unpaired) electrons. The summed E-state index contributed by atoms with van der Waals surface area (Å²) in [6.07, 6.45) is 2.67. The lowest BCUT2D eigenvalue weighted by atomic mass is 10.1. The Labute approximate surface area is 111 Å². The van der Waals surface area contributed by atoms with E-state index in [1.807, 2.05) is 0 Å². The molecule has 1 unspecified atom stereocenters. The van der Waals surface area contributed by atoms with Crippen molar-refractivity contribution in [1.82, 2.24) is 10.2 Å². The smallest absolute Gasteiger partial charge is 0.0237 e. The Bertz CT molecular complexity index is 353. The molecule has 2 heteroatoms. The lowest BCUT2D eigenvalue weighted by Crippen LogP contribution is -2.44. The molecule has 0 saturated carbocycles. The lowest BCUT2D eigenvalue weighted by molar-refractivity contribution is 0.226. The molecule has 0 spiro atoms. The molecule has 1 saturated heterocycles. The number of likely N-dealkylation sites (tertiary alicyclic amines) is 1. The molecule has 1 aromatic rings. The molecule has 1 aromatic carbocycles. The van der Waals surface area contributed by atoms with Crippen molar-refractivity contribution in [3.8, 4) is 0 Å². The van der Waals surface area contributed by atoms with E-state index in [1.54, 1.807) is 0 Å². The summed E-state index contributed by atoms with van der Waals surface area (Å²) < 4.78 is 0. The Morgan fingerprint density at radius 2 is 1.94 bits per heavy atom. The highest BCUT2D eigenvalue weighted by Gasteiger charge is 2.25. The molecule has 1 aliphatic heterocycles. The van der Waals surface area contributed by atoms with Gasteiger partial charge in [-0.3, -0.25) is 4.90 Å². The van der Waals surface area contributed by atoms with E-state index in [-0.39, 0.29) is 5.54 Å². The first kappa shape index (κ1) is 13.6. The predicted molar refractivity (Wildman–Crippen MR) is 77.6 cm³/mol. The molecule has 1 heterocycles. The van der Waals surface area contributed by atoms with E-state index in [0.29, 0.717) is 6.04 Å². The summed E-state index contributed by atoms with van der Waals surface area (Å²) in [4.78, 5) is 2.62. The molecule has 0 aliphatic carbocycles. The first-order valence-corrected chi connectivity index (χ1v) is 7.07. The number of hydrogen-bond donors (Lipinski definition) is 1. The van der Waals surface area contributed by atoms with Crippen molar-refractivity contribution in [2.75, 3.05) is 13.1 Å². The van der Waals surface area contributed by atoms with Crippen molar-refractivity contribution in [3.05, 3.63) is 35.9 Å². The first-order chi connectivity index (χ1) is 8.54. The molecule has 2 nitrogen and oxygen atoms in total. The van der Waals surface area contributed by atoms with Crippen LogP contribution in [0.4, 0.5) is 0 Å². The van der Waals surface area contributed by atoms with Gasteiger partial charge in [0.2, 0.25) is 0 Å². The topological polar surface area (TPSA) is 15.3 Å². The normalized spacial score (nSPS) is 21.4. The van der Waals surface area contributed by atoms with Gasteiger partial charge in [-0.2, -0.15) is 0 Å². The van der Waals surface area contributed by atoms with Crippen LogP contribution in [0.5, 0.6) is 0 Å². The SMILES string of the molecule is CC(C)(C)NCC1CCCN1Cc1ccccc1. The highest BCUT2D eigenvalue weighted by atomic mass is 15.2. The molecular weight excluding hydrogens is 220 g/mol. The quantitative estimate of drug-likeness (QED) is 0.878. The van der Waals surface area contributed by atoms with Gasteiger partial charge < -0.3 is 5.32 Å². The summed E-state index contributed by atoms with van der Waals surface area (Å²) in [7, 11) is 0. The lowest BCUT2D eigenvalue weighted by Gasteiger charge is -2.29. The van der Waals surface area contributed by atoms with Crippen LogP contribution in [0, 0.1) is 0 Å². The Morgan fingerprint density at radius 1 is 1.22 bits per heavy atom. The van der Waals surface area contributed by atoms with Gasteiger partial charge in [0, 0.05) is 24.7 Å². The second kappa shape index (κ2) is 5.85. The van der Waals surface area contributed by atoms with E-state index in [9.17, 15) is 0 Å². The molecule has 1 N–H and O–H groups in total. The Kier molecular flexibility index (Phi) is 4.41. The minimum atomic E-state index is 0.223. The summed E-state index contributed by atoms with van der Waals surface area (Å²) in [5.41, 5.74) is 1.65. The van der Waals surface area contributed by atoms with Gasteiger partial charge in [0.25, 0.3) is 0 Å². The van der Waals surface area contributed by atoms with Crippen LogP contribution in [-0.4, -0.2) is 29.6 Å². The van der Waals surface area contributed by atoms with Crippen LogP contribution in [-0.2, 0) is 6.54 Å². The molecule has 2 rings (SSSR count). The summed E-state index contributed by atoms with van der Waals surface area (Å²) >= 11 is 0. The van der Waals surface area contributed by atoms with E-state index < -0.39 is 0 Å². The maximum Gasteiger partial charge on any atom is 0.0237 e. The Balaban J connectivity index is 1.88. The summed E-state index contributed by atoms with van der Waals surface area (Å²) in [6.45, 7) is 10.2. The van der Waals surface area contributed by atoms with Gasteiger partial charge in [-0.1, -0.05) is 30.3 Å². The zero-order chi connectivity index (χ0) is 13.0. The Hall–Kier alpha value is -0.860. The van der Waals surface area contributed by atoms with Gasteiger partial charge in [-0.25, -0.2) is 0 Å². The minimum absolute atomic E-state index is 0.223. The van der Waals surface area contributed by atoms with Gasteiger partial charge in [-0.05, 0) is 45.7 Å². The molecule has 0 aromatic heterocycles. The van der Waals surface area contributed by atoms with Crippen LogP contribution >= 0.6 is 0 Å². The number of nitrogens with zero attached hydrogens (tertiary/aromatic N) is 1. The molecule has 100 valence electrons. The third-order valence-electron chi connectivity index (χ3n) is 3.60. The van der Waals surface area contributed by atoms with Crippen molar-refractivity contribution >= 4 is 0 Å². The third kappa shape index (κ3) is 4.11. The van der Waals surface area contributed by atoms with Gasteiger partial charge >= 0.3 is 0 Å². The van der Waals surface area contributed by atoms with Crippen LogP contribution in [0.15, 0.2) is 30.3 Å². The molecule has 0 amide bonds. The van der Waals surface area contributed by atoms with Gasteiger partial charge in [0.15, 0.2) is 0 Å². The third-order valence-corrected chi connectivity index (χ3v) is 3.60. The molecule has 0 bridgehead atoms. The average Bonchev–Trinajstić information content (AvgIpc) is 2.74. The highest BCUT2D eigenvalue weighted by molar-refractivity contribution is 5.14.